The van der Waals surface area contributed by atoms with E-state index in [9.17, 15) is 0 Å². The summed E-state index contributed by atoms with van der Waals surface area (Å²) in [6.07, 6.45) is 4.55. The number of rotatable bonds is 1. The standard InChI is InChI=1S/C11H16ClN3/c1-8-10(11(12)15(2)14-8)6-9-4-3-5-13-7-9/h6,13H,3-5,7H2,1-2H3/b9-6-. The summed E-state index contributed by atoms with van der Waals surface area (Å²) >= 11 is 6.17. The molecule has 1 saturated heterocycles. The van der Waals surface area contributed by atoms with Crippen LogP contribution < -0.4 is 5.32 Å². The van der Waals surface area contributed by atoms with E-state index >= 15 is 0 Å². The molecule has 82 valence electrons. The summed E-state index contributed by atoms with van der Waals surface area (Å²) in [6, 6.07) is 0. The Morgan fingerprint density at radius 2 is 2.33 bits per heavy atom. The normalized spacial score (nSPS) is 19.8. The lowest BCUT2D eigenvalue weighted by Crippen LogP contribution is -2.23. The number of aryl methyl sites for hydroxylation is 2. The van der Waals surface area contributed by atoms with Gasteiger partial charge in [0, 0.05) is 19.2 Å². The van der Waals surface area contributed by atoms with Crippen molar-refractivity contribution in [3.05, 3.63) is 22.0 Å². The Balaban J connectivity index is 2.29. The Kier molecular flexibility index (Phi) is 3.12. The zero-order valence-electron chi connectivity index (χ0n) is 9.18. The van der Waals surface area contributed by atoms with Crippen LogP contribution in [0.1, 0.15) is 24.1 Å². The highest BCUT2D eigenvalue weighted by Crippen LogP contribution is 2.23. The Morgan fingerprint density at radius 3 is 2.87 bits per heavy atom. The van der Waals surface area contributed by atoms with Crippen molar-refractivity contribution < 1.29 is 0 Å². The smallest absolute Gasteiger partial charge is 0.134 e. The fourth-order valence-corrected chi connectivity index (χ4v) is 2.14. The highest BCUT2D eigenvalue weighted by atomic mass is 35.5. The lowest BCUT2D eigenvalue weighted by atomic mass is 10.0. The van der Waals surface area contributed by atoms with Crippen LogP contribution in [0.3, 0.4) is 0 Å². The molecule has 2 rings (SSSR count). The van der Waals surface area contributed by atoms with E-state index in [2.05, 4.69) is 16.5 Å². The molecule has 0 amide bonds. The van der Waals surface area contributed by atoms with E-state index in [1.165, 1.54) is 12.0 Å². The summed E-state index contributed by atoms with van der Waals surface area (Å²) in [5.74, 6) is 0. The van der Waals surface area contributed by atoms with Gasteiger partial charge in [-0.2, -0.15) is 5.10 Å². The molecule has 1 aromatic rings. The quantitative estimate of drug-likeness (QED) is 0.794. The lowest BCUT2D eigenvalue weighted by Gasteiger charge is -2.15. The molecule has 0 unspecified atom stereocenters. The largest absolute Gasteiger partial charge is 0.313 e. The first kappa shape index (κ1) is 10.7. The van der Waals surface area contributed by atoms with Crippen LogP contribution in [0.4, 0.5) is 0 Å². The van der Waals surface area contributed by atoms with Gasteiger partial charge in [-0.25, -0.2) is 0 Å². The van der Waals surface area contributed by atoms with Crippen molar-refractivity contribution in [2.45, 2.75) is 19.8 Å². The van der Waals surface area contributed by atoms with Crippen LogP contribution in [-0.2, 0) is 7.05 Å². The molecule has 0 bridgehead atoms. The van der Waals surface area contributed by atoms with Gasteiger partial charge in [-0.1, -0.05) is 17.2 Å². The molecular weight excluding hydrogens is 210 g/mol. The van der Waals surface area contributed by atoms with Gasteiger partial charge >= 0.3 is 0 Å². The molecule has 1 aromatic heterocycles. The highest BCUT2D eigenvalue weighted by molar-refractivity contribution is 6.31. The summed E-state index contributed by atoms with van der Waals surface area (Å²) in [7, 11) is 1.87. The number of halogens is 1. The van der Waals surface area contributed by atoms with E-state index in [4.69, 9.17) is 11.6 Å². The zero-order chi connectivity index (χ0) is 10.8. The minimum Gasteiger partial charge on any atom is -0.313 e. The van der Waals surface area contributed by atoms with Gasteiger partial charge in [-0.05, 0) is 32.4 Å². The fraction of sp³-hybridized carbons (Fsp3) is 0.545. The molecular formula is C11H16ClN3. The number of aromatic nitrogens is 2. The molecule has 3 nitrogen and oxygen atoms in total. The van der Waals surface area contributed by atoms with E-state index < -0.39 is 0 Å². The second-order valence-corrected chi connectivity index (χ2v) is 4.35. The van der Waals surface area contributed by atoms with E-state index in [1.54, 1.807) is 4.68 Å². The van der Waals surface area contributed by atoms with Crippen LogP contribution in [0, 0.1) is 6.92 Å². The maximum absolute atomic E-state index is 6.17. The second-order valence-electron chi connectivity index (χ2n) is 4.00. The van der Waals surface area contributed by atoms with Crippen LogP contribution in [-0.4, -0.2) is 22.9 Å². The molecule has 0 aliphatic carbocycles. The number of nitrogens with zero attached hydrogens (tertiary/aromatic N) is 2. The van der Waals surface area contributed by atoms with Crippen molar-refractivity contribution in [1.82, 2.24) is 15.1 Å². The van der Waals surface area contributed by atoms with Gasteiger partial charge < -0.3 is 5.32 Å². The Labute approximate surface area is 95.1 Å². The van der Waals surface area contributed by atoms with Gasteiger partial charge in [0.1, 0.15) is 5.15 Å². The molecule has 0 aromatic carbocycles. The van der Waals surface area contributed by atoms with Crippen molar-refractivity contribution >= 4 is 17.7 Å². The van der Waals surface area contributed by atoms with E-state index in [1.807, 2.05) is 14.0 Å². The summed E-state index contributed by atoms with van der Waals surface area (Å²) in [5.41, 5.74) is 3.48. The Morgan fingerprint density at radius 1 is 1.53 bits per heavy atom. The highest BCUT2D eigenvalue weighted by Gasteiger charge is 2.11. The Bertz CT molecular complexity index is 385. The van der Waals surface area contributed by atoms with Gasteiger partial charge in [0.05, 0.1) is 5.69 Å². The van der Waals surface area contributed by atoms with Gasteiger partial charge in [0.2, 0.25) is 0 Å². The molecule has 1 aliphatic rings. The number of nitrogens with one attached hydrogen (secondary N) is 1. The van der Waals surface area contributed by atoms with Crippen molar-refractivity contribution in [2.75, 3.05) is 13.1 Å². The number of piperidine rings is 1. The average Bonchev–Trinajstić information content (AvgIpc) is 2.47. The summed E-state index contributed by atoms with van der Waals surface area (Å²) < 4.78 is 1.72. The predicted octanol–water partition coefficient (Wildman–Crippen LogP) is 2.15. The minimum absolute atomic E-state index is 0.727. The van der Waals surface area contributed by atoms with Gasteiger partial charge in [-0.15, -0.1) is 0 Å². The minimum atomic E-state index is 0.727. The molecule has 1 fully saturated rings. The van der Waals surface area contributed by atoms with Crippen molar-refractivity contribution in [2.24, 2.45) is 7.05 Å². The van der Waals surface area contributed by atoms with Crippen molar-refractivity contribution in [3.63, 3.8) is 0 Å². The number of hydrogen-bond acceptors (Lipinski definition) is 2. The molecule has 0 radical (unpaired) electrons. The number of hydrogen-bond donors (Lipinski definition) is 1. The molecule has 4 heteroatoms. The third kappa shape index (κ3) is 2.24. The average molecular weight is 226 g/mol. The van der Waals surface area contributed by atoms with Crippen molar-refractivity contribution in [3.8, 4) is 0 Å². The van der Waals surface area contributed by atoms with Crippen LogP contribution in [0.25, 0.3) is 6.08 Å². The predicted molar refractivity (Wildman–Crippen MR) is 63.0 cm³/mol. The lowest BCUT2D eigenvalue weighted by molar-refractivity contribution is 0.613. The maximum Gasteiger partial charge on any atom is 0.134 e. The Hall–Kier alpha value is -0.800. The SMILES string of the molecule is Cc1nn(C)c(Cl)c1/C=C1/CCCNC1. The van der Waals surface area contributed by atoms with Crippen LogP contribution >= 0.6 is 11.6 Å². The third-order valence-corrected chi connectivity index (χ3v) is 3.20. The first-order valence-electron chi connectivity index (χ1n) is 5.27. The van der Waals surface area contributed by atoms with Gasteiger partial charge in [0.25, 0.3) is 0 Å². The molecule has 15 heavy (non-hydrogen) atoms. The first-order valence-corrected chi connectivity index (χ1v) is 5.65. The fourth-order valence-electron chi connectivity index (χ4n) is 1.92. The molecule has 1 N–H and O–H groups in total. The van der Waals surface area contributed by atoms with E-state index in [-0.39, 0.29) is 0 Å². The summed E-state index contributed by atoms with van der Waals surface area (Å²) in [6.45, 7) is 4.09. The van der Waals surface area contributed by atoms with E-state index in [0.29, 0.717) is 0 Å². The molecule has 2 heterocycles. The summed E-state index contributed by atoms with van der Waals surface area (Å²) in [5, 5.41) is 8.39. The second kappa shape index (κ2) is 4.37. The van der Waals surface area contributed by atoms with Crippen molar-refractivity contribution in [1.29, 1.82) is 0 Å². The van der Waals surface area contributed by atoms with Crippen LogP contribution in [0.5, 0.6) is 0 Å². The third-order valence-electron chi connectivity index (χ3n) is 2.75. The van der Waals surface area contributed by atoms with Gasteiger partial charge in [-0.3, -0.25) is 4.68 Å². The monoisotopic (exact) mass is 225 g/mol. The zero-order valence-corrected chi connectivity index (χ0v) is 9.93. The molecule has 0 atom stereocenters. The van der Waals surface area contributed by atoms with E-state index in [0.717, 1.165) is 35.9 Å². The molecule has 0 saturated carbocycles. The van der Waals surface area contributed by atoms with Gasteiger partial charge in [0.15, 0.2) is 0 Å². The maximum atomic E-state index is 6.17. The topological polar surface area (TPSA) is 29.9 Å². The molecule has 1 aliphatic heterocycles. The van der Waals surface area contributed by atoms with Crippen LogP contribution in [0.2, 0.25) is 5.15 Å². The first-order chi connectivity index (χ1) is 7.18. The van der Waals surface area contributed by atoms with Crippen LogP contribution in [0.15, 0.2) is 5.57 Å². The molecule has 0 spiro atoms. The summed E-state index contributed by atoms with van der Waals surface area (Å²) in [4.78, 5) is 0.